The Hall–Kier alpha value is -5.36. The highest BCUT2D eigenvalue weighted by molar-refractivity contribution is 6.04. The molecule has 1 aliphatic heterocycles. The molecule has 0 radical (unpaired) electrons. The fourth-order valence-electron chi connectivity index (χ4n) is 5.57. The number of para-hydroxylation sites is 1. The Balaban J connectivity index is 1.09. The molecule has 6 rings (SSSR count). The summed E-state index contributed by atoms with van der Waals surface area (Å²) in [5.74, 6) is 0.961. The minimum atomic E-state index is -4.48. The lowest BCUT2D eigenvalue weighted by Crippen LogP contribution is -2.48. The predicted molar refractivity (Wildman–Crippen MR) is 171 cm³/mol. The molecule has 1 aliphatic rings. The van der Waals surface area contributed by atoms with E-state index in [-0.39, 0.29) is 17.4 Å². The summed E-state index contributed by atoms with van der Waals surface area (Å²) in [6.07, 6.45) is -3.09. The Labute approximate surface area is 269 Å². The largest absolute Gasteiger partial charge is 0.497 e. The first-order valence-corrected chi connectivity index (χ1v) is 14.9. The number of pyridine rings is 1. The first-order valence-electron chi connectivity index (χ1n) is 14.9. The Kier molecular flexibility index (Phi) is 8.86. The average Bonchev–Trinajstić information content (AvgIpc) is 3.42. The van der Waals surface area contributed by atoms with Crippen LogP contribution in [-0.4, -0.2) is 64.5 Å². The van der Waals surface area contributed by atoms with Crippen molar-refractivity contribution in [3.63, 3.8) is 0 Å². The van der Waals surface area contributed by atoms with Crippen molar-refractivity contribution in [3.05, 3.63) is 114 Å². The van der Waals surface area contributed by atoms with Gasteiger partial charge in [-0.2, -0.15) is 13.2 Å². The number of nitrogens with one attached hydrogen (secondary N) is 1. The molecule has 242 valence electrons. The first kappa shape index (κ1) is 31.6. The predicted octanol–water partition coefficient (Wildman–Crippen LogP) is 6.60. The molecule has 0 saturated carbocycles. The van der Waals surface area contributed by atoms with E-state index < -0.39 is 17.6 Å². The molecule has 0 aliphatic carbocycles. The van der Waals surface area contributed by atoms with Gasteiger partial charge in [0.25, 0.3) is 11.8 Å². The number of aryl methyl sites for hydroxylation is 1. The van der Waals surface area contributed by atoms with Gasteiger partial charge >= 0.3 is 6.18 Å². The van der Waals surface area contributed by atoms with Gasteiger partial charge < -0.3 is 24.3 Å². The van der Waals surface area contributed by atoms with Crippen LogP contribution in [-0.2, 0) is 19.8 Å². The molecule has 0 spiro atoms. The summed E-state index contributed by atoms with van der Waals surface area (Å²) in [5.41, 5.74) is 2.07. The Morgan fingerprint density at radius 1 is 0.915 bits per heavy atom. The van der Waals surface area contributed by atoms with Crippen LogP contribution in [0.1, 0.15) is 32.0 Å². The fourth-order valence-corrected chi connectivity index (χ4v) is 5.57. The second-order valence-electron chi connectivity index (χ2n) is 11.2. The summed E-state index contributed by atoms with van der Waals surface area (Å²) in [4.78, 5) is 34.6. The Bertz CT molecular complexity index is 1880. The molecule has 3 aromatic carbocycles. The molecule has 9 nitrogen and oxygen atoms in total. The monoisotopic (exact) mass is 643 g/mol. The van der Waals surface area contributed by atoms with Crippen molar-refractivity contribution >= 4 is 28.4 Å². The van der Waals surface area contributed by atoms with Crippen molar-refractivity contribution < 1.29 is 32.2 Å². The number of benzene rings is 3. The molecule has 1 saturated heterocycles. The third kappa shape index (κ3) is 7.07. The van der Waals surface area contributed by atoms with Crippen molar-refractivity contribution in [3.8, 4) is 17.4 Å². The number of alkyl halides is 3. The van der Waals surface area contributed by atoms with Crippen LogP contribution >= 0.6 is 0 Å². The van der Waals surface area contributed by atoms with Crippen molar-refractivity contribution in [2.45, 2.75) is 12.7 Å². The van der Waals surface area contributed by atoms with E-state index in [9.17, 15) is 22.8 Å². The molecule has 2 aromatic heterocycles. The van der Waals surface area contributed by atoms with Crippen LogP contribution in [0.2, 0.25) is 0 Å². The summed E-state index contributed by atoms with van der Waals surface area (Å²) in [7, 11) is 3.48. The van der Waals surface area contributed by atoms with E-state index in [1.54, 1.807) is 25.3 Å². The zero-order valence-corrected chi connectivity index (χ0v) is 25.8. The van der Waals surface area contributed by atoms with Gasteiger partial charge in [0.15, 0.2) is 5.75 Å². The maximum atomic E-state index is 13.6. The minimum absolute atomic E-state index is 0.0509. The van der Waals surface area contributed by atoms with Crippen molar-refractivity contribution in [1.29, 1.82) is 0 Å². The third-order valence-electron chi connectivity index (χ3n) is 8.15. The number of methoxy groups -OCH3 is 1. The van der Waals surface area contributed by atoms with Gasteiger partial charge in [0.2, 0.25) is 5.88 Å². The number of nitrogens with zero attached hydrogens (tertiary/aromatic N) is 4. The molecule has 12 heteroatoms. The Morgan fingerprint density at radius 2 is 1.64 bits per heavy atom. The number of halogens is 3. The van der Waals surface area contributed by atoms with Gasteiger partial charge in [-0.25, -0.2) is 4.98 Å². The SMILES string of the molecule is COc1ccc(CN2CCN(C(=O)c3cc4cccc(Oc5ccc(NC(=O)c6ccc(C(F)(F)F)cc6)cn5)c4n3C)CC2)cc1. The van der Waals surface area contributed by atoms with Crippen LogP contribution in [0, 0.1) is 0 Å². The van der Waals surface area contributed by atoms with E-state index in [0.29, 0.717) is 30.2 Å². The summed E-state index contributed by atoms with van der Waals surface area (Å²) in [5, 5.41) is 3.46. The standard InChI is InChI=1S/C35H32F3N5O4/c1-41-29(34(45)43-18-16-42(17-19-43)22-23-6-13-28(46-2)14-7-23)20-25-4-3-5-30(32(25)41)47-31-15-12-27(21-39-31)40-33(44)24-8-10-26(11-9-24)35(36,37)38/h3-15,20-21H,16-19,22H2,1-2H3,(H,40,44). The van der Waals surface area contributed by atoms with Crippen molar-refractivity contribution in [2.24, 2.45) is 7.05 Å². The molecule has 1 N–H and O–H groups in total. The highest BCUT2D eigenvalue weighted by Gasteiger charge is 2.30. The number of hydrogen-bond donors (Lipinski definition) is 1. The molecule has 3 heterocycles. The van der Waals surface area contributed by atoms with E-state index >= 15 is 0 Å². The first-order chi connectivity index (χ1) is 22.6. The summed E-state index contributed by atoms with van der Waals surface area (Å²) >= 11 is 0. The number of carbonyl (C=O) groups excluding carboxylic acids is 2. The third-order valence-corrected chi connectivity index (χ3v) is 8.15. The zero-order chi connectivity index (χ0) is 33.1. The number of amides is 2. The molecule has 0 atom stereocenters. The molecule has 0 unspecified atom stereocenters. The molecule has 47 heavy (non-hydrogen) atoms. The quantitative estimate of drug-likeness (QED) is 0.205. The van der Waals surface area contributed by atoms with Crippen molar-refractivity contribution in [1.82, 2.24) is 19.4 Å². The van der Waals surface area contributed by atoms with Crippen LogP contribution in [0.5, 0.6) is 17.4 Å². The van der Waals surface area contributed by atoms with E-state index in [1.165, 1.54) is 11.8 Å². The summed E-state index contributed by atoms with van der Waals surface area (Å²) in [6.45, 7) is 3.57. The lowest BCUT2D eigenvalue weighted by atomic mass is 10.1. The van der Waals surface area contributed by atoms with E-state index in [4.69, 9.17) is 9.47 Å². The average molecular weight is 644 g/mol. The normalized spacial score (nSPS) is 13.9. The number of hydrogen-bond acceptors (Lipinski definition) is 6. The maximum Gasteiger partial charge on any atom is 0.416 e. The van der Waals surface area contributed by atoms with Gasteiger partial charge in [0, 0.05) is 56.8 Å². The van der Waals surface area contributed by atoms with Crippen LogP contribution in [0.3, 0.4) is 0 Å². The number of carbonyl (C=O) groups is 2. The van der Waals surface area contributed by atoms with Gasteiger partial charge in [-0.15, -0.1) is 0 Å². The van der Waals surface area contributed by atoms with Gasteiger partial charge in [0.1, 0.15) is 11.4 Å². The fraction of sp³-hybridized carbons (Fsp3) is 0.229. The minimum Gasteiger partial charge on any atom is -0.497 e. The molecule has 2 amide bonds. The van der Waals surface area contributed by atoms with E-state index in [2.05, 4.69) is 27.3 Å². The van der Waals surface area contributed by atoms with Crippen molar-refractivity contribution in [2.75, 3.05) is 38.6 Å². The van der Waals surface area contributed by atoms with E-state index in [0.717, 1.165) is 60.6 Å². The second kappa shape index (κ2) is 13.2. The molecular formula is C35H32F3N5O4. The number of piperazine rings is 1. The molecular weight excluding hydrogens is 611 g/mol. The highest BCUT2D eigenvalue weighted by Crippen LogP contribution is 2.32. The number of anilines is 1. The van der Waals surface area contributed by atoms with Gasteiger partial charge in [0.05, 0.1) is 30.1 Å². The smallest absolute Gasteiger partial charge is 0.416 e. The van der Waals surface area contributed by atoms with Crippen LogP contribution in [0.25, 0.3) is 10.9 Å². The molecule has 1 fully saturated rings. The van der Waals surface area contributed by atoms with Gasteiger partial charge in [-0.1, -0.05) is 24.3 Å². The Morgan fingerprint density at radius 3 is 2.28 bits per heavy atom. The number of fused-ring (bicyclic) bond motifs is 1. The summed E-state index contributed by atoms with van der Waals surface area (Å²) in [6, 6.07) is 22.5. The van der Waals surface area contributed by atoms with Crippen LogP contribution in [0.4, 0.5) is 18.9 Å². The maximum absolute atomic E-state index is 13.6. The van der Waals surface area contributed by atoms with Crippen LogP contribution < -0.4 is 14.8 Å². The lowest BCUT2D eigenvalue weighted by molar-refractivity contribution is -0.137. The lowest BCUT2D eigenvalue weighted by Gasteiger charge is -2.34. The number of aromatic nitrogens is 2. The second-order valence-corrected chi connectivity index (χ2v) is 11.2. The van der Waals surface area contributed by atoms with Gasteiger partial charge in [-0.05, 0) is 60.2 Å². The van der Waals surface area contributed by atoms with E-state index in [1.807, 2.05) is 46.8 Å². The summed E-state index contributed by atoms with van der Waals surface area (Å²) < 4.78 is 51.6. The van der Waals surface area contributed by atoms with Crippen LogP contribution in [0.15, 0.2) is 91.1 Å². The topological polar surface area (TPSA) is 88.9 Å². The number of ether oxygens (including phenoxy) is 2. The number of rotatable bonds is 8. The van der Waals surface area contributed by atoms with Gasteiger partial charge in [-0.3, -0.25) is 14.5 Å². The molecule has 0 bridgehead atoms. The molecule has 5 aromatic rings. The zero-order valence-electron chi connectivity index (χ0n) is 25.8. The highest BCUT2D eigenvalue weighted by atomic mass is 19.4.